The van der Waals surface area contributed by atoms with Gasteiger partial charge in [0.25, 0.3) is 0 Å². The van der Waals surface area contributed by atoms with E-state index in [-0.39, 0.29) is 29.8 Å². The Morgan fingerprint density at radius 2 is 1.81 bits per heavy atom. The number of carbonyl (C=O) groups is 1. The molecule has 194 valence electrons. The SMILES string of the molecule is Cc1ccc(N2CCC(C(=O)N3CC(c4ccc(Cl)cc4)C(C(C)Oc4ccc(F)cn4)C3)CC2)nn1. The molecule has 2 saturated heterocycles. The Kier molecular flexibility index (Phi) is 7.55. The van der Waals surface area contributed by atoms with Crippen LogP contribution in [-0.4, -0.2) is 58.3 Å². The molecule has 3 unspecified atom stereocenters. The van der Waals surface area contributed by atoms with E-state index in [1.807, 2.05) is 55.1 Å². The van der Waals surface area contributed by atoms with E-state index in [2.05, 4.69) is 20.1 Å². The molecule has 2 aliphatic heterocycles. The summed E-state index contributed by atoms with van der Waals surface area (Å²) in [5, 5.41) is 9.14. The minimum Gasteiger partial charge on any atom is -0.474 e. The van der Waals surface area contributed by atoms with Crippen molar-refractivity contribution in [3.8, 4) is 5.88 Å². The molecule has 1 amide bonds. The van der Waals surface area contributed by atoms with Crippen molar-refractivity contribution < 1.29 is 13.9 Å². The van der Waals surface area contributed by atoms with Gasteiger partial charge in [-0.3, -0.25) is 4.79 Å². The molecule has 0 bridgehead atoms. The third-order valence-electron chi connectivity index (χ3n) is 7.54. The largest absolute Gasteiger partial charge is 0.474 e. The second-order valence-electron chi connectivity index (χ2n) is 10.00. The molecular weight excluding hydrogens is 493 g/mol. The number of hydrogen-bond acceptors (Lipinski definition) is 6. The highest BCUT2D eigenvalue weighted by Crippen LogP contribution is 2.38. The molecule has 37 heavy (non-hydrogen) atoms. The standard InChI is InChI=1S/C28H31ClFN5O2/c1-18-3-9-26(33-32-18)34-13-11-21(12-14-34)28(36)35-16-24(19(2)37-27-10-8-23(30)15-31-27)25(17-35)20-4-6-22(29)7-5-20/h3-10,15,19,21,24-25H,11-14,16-17H2,1-2H3. The van der Waals surface area contributed by atoms with Crippen LogP contribution in [0.4, 0.5) is 10.2 Å². The molecule has 1 aromatic carbocycles. The van der Waals surface area contributed by atoms with Crippen LogP contribution in [0, 0.1) is 24.6 Å². The average molecular weight is 524 g/mol. The van der Waals surface area contributed by atoms with Gasteiger partial charge in [-0.25, -0.2) is 9.37 Å². The Labute approximate surface area is 221 Å². The maximum absolute atomic E-state index is 13.6. The maximum atomic E-state index is 13.6. The number of aromatic nitrogens is 3. The number of piperidine rings is 1. The molecule has 5 rings (SSSR count). The lowest BCUT2D eigenvalue weighted by Crippen LogP contribution is -2.42. The molecule has 0 saturated carbocycles. The van der Waals surface area contributed by atoms with Crippen molar-refractivity contribution in [2.45, 2.75) is 38.7 Å². The number of ether oxygens (including phenoxy) is 1. The predicted octanol–water partition coefficient (Wildman–Crippen LogP) is 4.90. The van der Waals surface area contributed by atoms with Crippen molar-refractivity contribution in [3.05, 3.63) is 76.8 Å². The molecule has 4 heterocycles. The molecule has 0 spiro atoms. The predicted molar refractivity (Wildman–Crippen MR) is 140 cm³/mol. The first kappa shape index (κ1) is 25.4. The Morgan fingerprint density at radius 1 is 1.05 bits per heavy atom. The monoisotopic (exact) mass is 523 g/mol. The van der Waals surface area contributed by atoms with Gasteiger partial charge < -0.3 is 14.5 Å². The Hall–Kier alpha value is -3.26. The fourth-order valence-corrected chi connectivity index (χ4v) is 5.56. The number of likely N-dealkylation sites (tertiary alicyclic amines) is 1. The first-order chi connectivity index (χ1) is 17.9. The van der Waals surface area contributed by atoms with Crippen LogP contribution in [0.1, 0.15) is 36.9 Å². The first-order valence-corrected chi connectivity index (χ1v) is 13.1. The van der Waals surface area contributed by atoms with E-state index < -0.39 is 5.82 Å². The van der Waals surface area contributed by atoms with Crippen LogP contribution in [0.25, 0.3) is 0 Å². The summed E-state index contributed by atoms with van der Waals surface area (Å²) in [4.78, 5) is 21.9. The van der Waals surface area contributed by atoms with Crippen LogP contribution in [0.5, 0.6) is 5.88 Å². The summed E-state index contributed by atoms with van der Waals surface area (Å²) in [5.74, 6) is 1.16. The lowest BCUT2D eigenvalue weighted by Gasteiger charge is -2.33. The molecule has 0 N–H and O–H groups in total. The number of carbonyl (C=O) groups excluding carboxylic acids is 1. The van der Waals surface area contributed by atoms with Gasteiger partial charge in [0.05, 0.1) is 11.9 Å². The molecule has 0 radical (unpaired) electrons. The van der Waals surface area contributed by atoms with Crippen molar-refractivity contribution in [2.75, 3.05) is 31.1 Å². The molecule has 3 atom stereocenters. The summed E-state index contributed by atoms with van der Waals surface area (Å²) in [6, 6.07) is 14.6. The Bertz CT molecular complexity index is 1200. The van der Waals surface area contributed by atoms with Crippen LogP contribution in [0.15, 0.2) is 54.7 Å². The number of pyridine rings is 1. The summed E-state index contributed by atoms with van der Waals surface area (Å²) >= 11 is 6.14. The van der Waals surface area contributed by atoms with Gasteiger partial charge >= 0.3 is 0 Å². The highest BCUT2D eigenvalue weighted by Gasteiger charge is 2.42. The second-order valence-corrected chi connectivity index (χ2v) is 10.4. The van der Waals surface area contributed by atoms with E-state index in [0.29, 0.717) is 24.0 Å². The number of benzene rings is 1. The van der Waals surface area contributed by atoms with Crippen molar-refractivity contribution >= 4 is 23.3 Å². The Morgan fingerprint density at radius 3 is 2.46 bits per heavy atom. The van der Waals surface area contributed by atoms with E-state index in [4.69, 9.17) is 16.3 Å². The van der Waals surface area contributed by atoms with Gasteiger partial charge in [0, 0.05) is 55.0 Å². The van der Waals surface area contributed by atoms with Gasteiger partial charge in [0.2, 0.25) is 11.8 Å². The van der Waals surface area contributed by atoms with E-state index in [1.165, 1.54) is 12.1 Å². The van der Waals surface area contributed by atoms with Crippen LogP contribution < -0.4 is 9.64 Å². The van der Waals surface area contributed by atoms with Crippen molar-refractivity contribution in [2.24, 2.45) is 11.8 Å². The summed E-state index contributed by atoms with van der Waals surface area (Å²) in [6.07, 6.45) is 2.50. The Balaban J connectivity index is 1.27. The molecule has 0 aliphatic carbocycles. The molecule has 2 aliphatic rings. The van der Waals surface area contributed by atoms with Crippen molar-refractivity contribution in [1.29, 1.82) is 0 Å². The number of hydrogen-bond donors (Lipinski definition) is 0. The average Bonchev–Trinajstić information content (AvgIpc) is 3.36. The zero-order valence-electron chi connectivity index (χ0n) is 21.1. The summed E-state index contributed by atoms with van der Waals surface area (Å²) in [7, 11) is 0. The van der Waals surface area contributed by atoms with Crippen LogP contribution >= 0.6 is 11.6 Å². The van der Waals surface area contributed by atoms with Crippen molar-refractivity contribution in [3.63, 3.8) is 0 Å². The highest BCUT2D eigenvalue weighted by atomic mass is 35.5. The van der Waals surface area contributed by atoms with Crippen LogP contribution in [0.2, 0.25) is 5.02 Å². The summed E-state index contributed by atoms with van der Waals surface area (Å²) in [5.41, 5.74) is 2.01. The zero-order chi connectivity index (χ0) is 25.9. The first-order valence-electron chi connectivity index (χ1n) is 12.7. The molecule has 3 aromatic rings. The normalized spacial score (nSPS) is 21.2. The van der Waals surface area contributed by atoms with Crippen LogP contribution in [0.3, 0.4) is 0 Å². The highest BCUT2D eigenvalue weighted by molar-refractivity contribution is 6.30. The third kappa shape index (κ3) is 5.85. The van der Waals surface area contributed by atoms with Gasteiger partial charge in [-0.1, -0.05) is 23.7 Å². The van der Waals surface area contributed by atoms with E-state index in [1.54, 1.807) is 0 Å². The van der Waals surface area contributed by atoms with Gasteiger partial charge in [0.15, 0.2) is 5.82 Å². The van der Waals surface area contributed by atoms with E-state index >= 15 is 0 Å². The van der Waals surface area contributed by atoms with Gasteiger partial charge in [-0.2, -0.15) is 5.10 Å². The zero-order valence-corrected chi connectivity index (χ0v) is 21.8. The number of rotatable bonds is 6. The summed E-state index contributed by atoms with van der Waals surface area (Å²) in [6.45, 7) is 6.69. The number of nitrogens with zero attached hydrogens (tertiary/aromatic N) is 5. The molecular formula is C28H31ClFN5O2. The number of halogens is 2. The van der Waals surface area contributed by atoms with E-state index in [0.717, 1.165) is 49.2 Å². The molecule has 2 fully saturated rings. The fraction of sp³-hybridized carbons (Fsp3) is 0.429. The van der Waals surface area contributed by atoms with Crippen molar-refractivity contribution in [1.82, 2.24) is 20.1 Å². The quantitative estimate of drug-likeness (QED) is 0.458. The lowest BCUT2D eigenvalue weighted by molar-refractivity contribution is -0.135. The second kappa shape index (κ2) is 11.0. The third-order valence-corrected chi connectivity index (χ3v) is 7.79. The maximum Gasteiger partial charge on any atom is 0.225 e. The summed E-state index contributed by atoms with van der Waals surface area (Å²) < 4.78 is 19.4. The molecule has 2 aromatic heterocycles. The minimum atomic E-state index is -0.405. The lowest BCUT2D eigenvalue weighted by atomic mass is 9.86. The molecule has 7 nitrogen and oxygen atoms in total. The minimum absolute atomic E-state index is 0.0192. The van der Waals surface area contributed by atoms with Crippen LogP contribution in [-0.2, 0) is 4.79 Å². The number of aryl methyl sites for hydroxylation is 1. The van der Waals surface area contributed by atoms with Gasteiger partial charge in [0.1, 0.15) is 11.9 Å². The number of anilines is 1. The van der Waals surface area contributed by atoms with Gasteiger partial charge in [-0.05, 0) is 62.6 Å². The topological polar surface area (TPSA) is 71.5 Å². The molecule has 9 heteroatoms. The van der Waals surface area contributed by atoms with Gasteiger partial charge in [-0.15, -0.1) is 5.10 Å². The van der Waals surface area contributed by atoms with E-state index in [9.17, 15) is 9.18 Å². The number of amides is 1. The fourth-order valence-electron chi connectivity index (χ4n) is 5.43. The smallest absolute Gasteiger partial charge is 0.225 e.